The van der Waals surface area contributed by atoms with Gasteiger partial charge in [0.25, 0.3) is 12.3 Å². The average Bonchev–Trinajstić information content (AvgIpc) is 3.08. The first-order chi connectivity index (χ1) is 14.2. The summed E-state index contributed by atoms with van der Waals surface area (Å²) in [6.45, 7) is 4.33. The molecule has 0 aliphatic carbocycles. The molecule has 2 aromatic heterocycles. The Kier molecular flexibility index (Phi) is 6.02. The van der Waals surface area contributed by atoms with E-state index in [1.807, 2.05) is 13.8 Å². The van der Waals surface area contributed by atoms with Gasteiger partial charge in [0, 0.05) is 25.1 Å². The number of carbonyl (C=O) groups is 1. The third kappa shape index (κ3) is 4.25. The number of primary amides is 1. The maximum Gasteiger partial charge on any atom is 0.280 e. The Morgan fingerprint density at radius 1 is 1.27 bits per heavy atom. The molecule has 0 aliphatic heterocycles. The molecule has 7 nitrogen and oxygen atoms in total. The highest BCUT2D eigenvalue weighted by atomic mass is 19.3. The summed E-state index contributed by atoms with van der Waals surface area (Å²) in [5.74, 6) is -0.375. The van der Waals surface area contributed by atoms with Crippen molar-refractivity contribution in [2.45, 2.75) is 38.8 Å². The third-order valence-corrected chi connectivity index (χ3v) is 5.04. The number of hydrogen-bond acceptors (Lipinski definition) is 5. The summed E-state index contributed by atoms with van der Waals surface area (Å²) in [6.07, 6.45) is -2.10. The Labute approximate surface area is 172 Å². The summed E-state index contributed by atoms with van der Waals surface area (Å²) in [6, 6.07) is 7.59. The number of halogens is 2. The van der Waals surface area contributed by atoms with E-state index >= 15 is 0 Å². The van der Waals surface area contributed by atoms with Crippen LogP contribution in [0.1, 0.15) is 42.7 Å². The molecule has 2 heterocycles. The fourth-order valence-corrected chi connectivity index (χ4v) is 3.14. The van der Waals surface area contributed by atoms with E-state index in [1.165, 1.54) is 19.2 Å². The number of nitrogens with two attached hydrogens (primary N) is 1. The molecule has 0 unspecified atom stereocenters. The van der Waals surface area contributed by atoms with E-state index in [1.54, 1.807) is 30.0 Å². The average molecular weight is 418 g/mol. The molecule has 0 atom stereocenters. The van der Waals surface area contributed by atoms with Crippen LogP contribution < -0.4 is 10.5 Å². The second kappa shape index (κ2) is 8.35. The normalized spacial score (nSPS) is 12.0. The van der Waals surface area contributed by atoms with Crippen molar-refractivity contribution in [1.82, 2.24) is 14.8 Å². The van der Waals surface area contributed by atoms with Gasteiger partial charge in [-0.25, -0.2) is 13.8 Å². The summed E-state index contributed by atoms with van der Waals surface area (Å²) in [4.78, 5) is 16.0. The van der Waals surface area contributed by atoms with Gasteiger partial charge in [0.15, 0.2) is 0 Å². The number of fused-ring (bicyclic) bond motifs is 1. The van der Waals surface area contributed by atoms with Gasteiger partial charge in [-0.1, -0.05) is 6.07 Å². The minimum atomic E-state index is -2.71. The Bertz CT molecular complexity index is 1080. The van der Waals surface area contributed by atoms with Crippen LogP contribution in [-0.4, -0.2) is 40.5 Å². The molecule has 1 aromatic carbocycles. The van der Waals surface area contributed by atoms with Gasteiger partial charge in [-0.05, 0) is 38.5 Å². The fourth-order valence-electron chi connectivity index (χ4n) is 3.14. The van der Waals surface area contributed by atoms with Crippen molar-refractivity contribution in [2.24, 2.45) is 5.73 Å². The molecule has 0 aliphatic rings. The number of methoxy groups -OCH3 is 2. The second-order valence-electron chi connectivity index (χ2n) is 7.47. The number of ether oxygens (including phenoxy) is 2. The Morgan fingerprint density at radius 2 is 2.00 bits per heavy atom. The highest BCUT2D eigenvalue weighted by molar-refractivity contribution is 6.03. The lowest BCUT2D eigenvalue weighted by atomic mass is 10.0. The molecule has 2 N–H and O–H groups in total. The number of hydrogen-bond donors (Lipinski definition) is 1. The van der Waals surface area contributed by atoms with Crippen LogP contribution in [0, 0.1) is 0 Å². The lowest BCUT2D eigenvalue weighted by Crippen LogP contribution is -2.25. The number of amides is 1. The zero-order chi connectivity index (χ0) is 22.1. The van der Waals surface area contributed by atoms with Gasteiger partial charge in [0.2, 0.25) is 0 Å². The van der Waals surface area contributed by atoms with Crippen LogP contribution in [0.2, 0.25) is 0 Å². The first kappa shape index (κ1) is 21.6. The monoisotopic (exact) mass is 418 g/mol. The van der Waals surface area contributed by atoms with Crippen LogP contribution in [0.15, 0.2) is 30.3 Å². The molecule has 0 spiro atoms. The first-order valence-electron chi connectivity index (χ1n) is 9.36. The minimum absolute atomic E-state index is 0.174. The van der Waals surface area contributed by atoms with Gasteiger partial charge >= 0.3 is 0 Å². The Morgan fingerprint density at radius 3 is 2.60 bits per heavy atom. The molecule has 0 bridgehead atoms. The van der Waals surface area contributed by atoms with Crippen molar-refractivity contribution in [3.05, 3.63) is 41.6 Å². The number of aromatic nitrogens is 3. The zero-order valence-corrected chi connectivity index (χ0v) is 17.3. The van der Waals surface area contributed by atoms with Crippen molar-refractivity contribution in [1.29, 1.82) is 0 Å². The van der Waals surface area contributed by atoms with Gasteiger partial charge < -0.3 is 15.2 Å². The number of rotatable bonds is 8. The maximum absolute atomic E-state index is 13.2. The van der Waals surface area contributed by atoms with Crippen LogP contribution in [0.4, 0.5) is 8.78 Å². The van der Waals surface area contributed by atoms with Crippen LogP contribution in [0.5, 0.6) is 5.75 Å². The largest absolute Gasteiger partial charge is 0.496 e. The number of alkyl halides is 2. The van der Waals surface area contributed by atoms with Crippen molar-refractivity contribution >= 4 is 16.8 Å². The topological polar surface area (TPSA) is 92.3 Å². The second-order valence-corrected chi connectivity index (χ2v) is 7.47. The predicted molar refractivity (Wildman–Crippen MR) is 109 cm³/mol. The van der Waals surface area contributed by atoms with Gasteiger partial charge in [-0.3, -0.25) is 9.48 Å². The molecular weight excluding hydrogens is 394 g/mol. The maximum atomic E-state index is 13.2. The Hall–Kier alpha value is -3.07. The van der Waals surface area contributed by atoms with E-state index in [9.17, 15) is 13.6 Å². The van der Waals surface area contributed by atoms with Gasteiger partial charge in [-0.15, -0.1) is 0 Å². The Balaban J connectivity index is 2.24. The highest BCUT2D eigenvalue weighted by Crippen LogP contribution is 2.34. The molecule has 0 saturated carbocycles. The van der Waals surface area contributed by atoms with Crippen LogP contribution in [0.25, 0.3) is 22.3 Å². The van der Waals surface area contributed by atoms with E-state index in [0.29, 0.717) is 35.3 Å². The zero-order valence-electron chi connectivity index (χ0n) is 17.3. The molecule has 3 aromatic rings. The van der Waals surface area contributed by atoms with Crippen molar-refractivity contribution in [2.75, 3.05) is 14.2 Å². The molecule has 1 amide bonds. The number of pyridine rings is 1. The van der Waals surface area contributed by atoms with Crippen LogP contribution in [0.3, 0.4) is 0 Å². The number of nitrogens with zero attached hydrogens (tertiary/aromatic N) is 3. The number of aryl methyl sites for hydroxylation is 1. The van der Waals surface area contributed by atoms with Crippen LogP contribution in [-0.2, 0) is 11.3 Å². The van der Waals surface area contributed by atoms with Crippen molar-refractivity contribution < 1.29 is 23.0 Å². The number of carbonyl (C=O) groups excluding carboxylic acids is 1. The summed E-state index contributed by atoms with van der Waals surface area (Å²) < 4.78 is 38.9. The van der Waals surface area contributed by atoms with Gasteiger partial charge in [0.05, 0.1) is 35.2 Å². The van der Waals surface area contributed by atoms with Crippen molar-refractivity contribution in [3.8, 4) is 17.1 Å². The van der Waals surface area contributed by atoms with E-state index < -0.39 is 17.9 Å². The van der Waals surface area contributed by atoms with Crippen molar-refractivity contribution in [3.63, 3.8) is 0 Å². The first-order valence-corrected chi connectivity index (χ1v) is 9.36. The summed E-state index contributed by atoms with van der Waals surface area (Å²) in [5.41, 5.74) is 6.30. The lowest BCUT2D eigenvalue weighted by molar-refractivity contribution is 0.0114. The fraction of sp³-hybridized carbons (Fsp3) is 0.381. The molecule has 160 valence electrons. The van der Waals surface area contributed by atoms with E-state index in [0.717, 1.165) is 0 Å². The van der Waals surface area contributed by atoms with Gasteiger partial charge in [0.1, 0.15) is 11.4 Å². The van der Waals surface area contributed by atoms with E-state index in [-0.39, 0.29) is 17.0 Å². The van der Waals surface area contributed by atoms with E-state index in [2.05, 4.69) is 10.1 Å². The minimum Gasteiger partial charge on any atom is -0.496 e. The SMILES string of the molecule is COc1cc2nn(CCC(C)(C)OC)c(-c3cccc(C(F)F)n3)c2cc1C(N)=O. The van der Waals surface area contributed by atoms with Gasteiger partial charge in [-0.2, -0.15) is 5.10 Å². The summed E-state index contributed by atoms with van der Waals surface area (Å²) in [5, 5.41) is 5.18. The third-order valence-electron chi connectivity index (χ3n) is 5.04. The molecule has 0 fully saturated rings. The molecule has 30 heavy (non-hydrogen) atoms. The van der Waals surface area contributed by atoms with E-state index in [4.69, 9.17) is 15.2 Å². The standard InChI is InChI=1S/C21H24F2N4O3/c1-21(2,30-4)8-9-27-18(14-6-5-7-15(25-14)19(22)23)12-10-13(20(24)28)17(29-3)11-16(12)26-27/h5-7,10-11,19H,8-9H2,1-4H3,(H2,24,28). The van der Waals surface area contributed by atoms with Crippen LogP contribution >= 0.6 is 0 Å². The summed E-state index contributed by atoms with van der Waals surface area (Å²) in [7, 11) is 3.05. The molecule has 0 saturated heterocycles. The molecule has 0 radical (unpaired) electrons. The highest BCUT2D eigenvalue weighted by Gasteiger charge is 2.23. The summed E-state index contributed by atoms with van der Waals surface area (Å²) >= 11 is 0. The molecular formula is C21H24F2N4O3. The lowest BCUT2D eigenvalue weighted by Gasteiger charge is -2.23. The molecule has 3 rings (SSSR count). The quantitative estimate of drug-likeness (QED) is 0.598. The smallest absolute Gasteiger partial charge is 0.280 e. The number of benzene rings is 1. The predicted octanol–water partition coefficient (Wildman–Crippen LogP) is 3.96. The molecule has 9 heteroatoms.